The standard InChI is InChI=1S/C29H28N6O/c1-19-7-5-10-24(33-19)36-23-13-11-20(12-14-23)25-26-28(30)31-18-32-29(26)34(2)27(25)21-8-6-9-22(17-21)35-15-3-4-16-35/h5-14,17-18H,3-4,15-16H2,1-2H3,(H2,30,31,32). The molecule has 1 saturated heterocycles. The van der Waals surface area contributed by atoms with E-state index in [0.29, 0.717) is 11.7 Å². The first kappa shape index (κ1) is 22.1. The molecule has 2 aromatic carbocycles. The third kappa shape index (κ3) is 3.92. The maximum atomic E-state index is 6.42. The van der Waals surface area contributed by atoms with Crippen molar-refractivity contribution in [1.29, 1.82) is 0 Å². The van der Waals surface area contributed by atoms with Crippen molar-refractivity contribution in [3.05, 3.63) is 78.8 Å². The molecule has 5 aromatic rings. The van der Waals surface area contributed by atoms with Crippen molar-refractivity contribution in [3.8, 4) is 34.0 Å². The number of nitrogen functional groups attached to an aromatic ring is 1. The number of aryl methyl sites for hydroxylation is 2. The van der Waals surface area contributed by atoms with Crippen LogP contribution in [-0.4, -0.2) is 32.6 Å². The van der Waals surface area contributed by atoms with Crippen molar-refractivity contribution in [2.24, 2.45) is 7.05 Å². The first-order chi connectivity index (χ1) is 17.6. The lowest BCUT2D eigenvalue weighted by molar-refractivity contribution is 0.462. The fraction of sp³-hybridized carbons (Fsp3) is 0.207. The van der Waals surface area contributed by atoms with Crippen LogP contribution in [0.2, 0.25) is 0 Å². The largest absolute Gasteiger partial charge is 0.439 e. The highest BCUT2D eigenvalue weighted by Gasteiger charge is 2.23. The fourth-order valence-electron chi connectivity index (χ4n) is 5.11. The second-order valence-electron chi connectivity index (χ2n) is 9.23. The maximum Gasteiger partial charge on any atom is 0.219 e. The molecule has 1 aliphatic rings. The Balaban J connectivity index is 1.47. The molecule has 0 spiro atoms. The van der Waals surface area contributed by atoms with Crippen LogP contribution in [0.15, 0.2) is 73.1 Å². The average Bonchev–Trinajstić information content (AvgIpc) is 3.53. The van der Waals surface area contributed by atoms with E-state index < -0.39 is 0 Å². The molecule has 0 atom stereocenters. The van der Waals surface area contributed by atoms with Gasteiger partial charge in [-0.2, -0.15) is 0 Å². The maximum absolute atomic E-state index is 6.42. The molecule has 3 aromatic heterocycles. The van der Waals surface area contributed by atoms with Crippen LogP contribution in [0, 0.1) is 6.92 Å². The smallest absolute Gasteiger partial charge is 0.219 e. The zero-order chi connectivity index (χ0) is 24.6. The normalized spacial score (nSPS) is 13.4. The van der Waals surface area contributed by atoms with Crippen molar-refractivity contribution in [1.82, 2.24) is 19.5 Å². The number of hydrogen-bond acceptors (Lipinski definition) is 6. The van der Waals surface area contributed by atoms with E-state index >= 15 is 0 Å². The van der Waals surface area contributed by atoms with Gasteiger partial charge in [-0.1, -0.05) is 30.3 Å². The summed E-state index contributed by atoms with van der Waals surface area (Å²) in [5.74, 6) is 1.76. The van der Waals surface area contributed by atoms with E-state index in [-0.39, 0.29) is 0 Å². The van der Waals surface area contributed by atoms with Gasteiger partial charge in [0.15, 0.2) is 0 Å². The Morgan fingerprint density at radius 2 is 1.67 bits per heavy atom. The summed E-state index contributed by atoms with van der Waals surface area (Å²) in [6.45, 7) is 4.14. The summed E-state index contributed by atoms with van der Waals surface area (Å²) in [4.78, 5) is 15.8. The molecule has 0 amide bonds. The number of rotatable bonds is 5. The number of aromatic nitrogens is 4. The van der Waals surface area contributed by atoms with Gasteiger partial charge in [-0.3, -0.25) is 0 Å². The van der Waals surface area contributed by atoms with E-state index in [1.807, 2.05) is 44.3 Å². The van der Waals surface area contributed by atoms with Gasteiger partial charge in [-0.25, -0.2) is 15.0 Å². The van der Waals surface area contributed by atoms with E-state index in [1.165, 1.54) is 24.9 Å². The zero-order valence-corrected chi connectivity index (χ0v) is 20.5. The van der Waals surface area contributed by atoms with Crippen LogP contribution in [0.4, 0.5) is 11.5 Å². The number of nitrogens with two attached hydrogens (primary N) is 1. The molecule has 36 heavy (non-hydrogen) atoms. The van der Waals surface area contributed by atoms with Crippen LogP contribution in [0.25, 0.3) is 33.4 Å². The lowest BCUT2D eigenvalue weighted by Gasteiger charge is -2.19. The summed E-state index contributed by atoms with van der Waals surface area (Å²) in [6.07, 6.45) is 4.00. The molecular formula is C29H28N6O. The molecule has 0 bridgehead atoms. The van der Waals surface area contributed by atoms with E-state index in [9.17, 15) is 0 Å². The highest BCUT2D eigenvalue weighted by atomic mass is 16.5. The molecule has 180 valence electrons. The molecule has 7 nitrogen and oxygen atoms in total. The lowest BCUT2D eigenvalue weighted by atomic mass is 9.98. The Bertz CT molecular complexity index is 1550. The van der Waals surface area contributed by atoms with Gasteiger partial charge in [0.25, 0.3) is 0 Å². The van der Waals surface area contributed by atoms with Crippen molar-refractivity contribution in [3.63, 3.8) is 0 Å². The minimum absolute atomic E-state index is 0.469. The van der Waals surface area contributed by atoms with Crippen LogP contribution in [0.3, 0.4) is 0 Å². The molecule has 0 saturated carbocycles. The topological polar surface area (TPSA) is 82.1 Å². The van der Waals surface area contributed by atoms with Gasteiger partial charge in [-0.05, 0) is 55.7 Å². The molecule has 0 unspecified atom stereocenters. The Kier molecular flexibility index (Phi) is 5.52. The fourth-order valence-corrected chi connectivity index (χ4v) is 5.11. The molecule has 4 heterocycles. The monoisotopic (exact) mass is 476 g/mol. The number of hydrogen-bond donors (Lipinski definition) is 1. The van der Waals surface area contributed by atoms with Crippen molar-refractivity contribution < 1.29 is 4.74 Å². The SMILES string of the molecule is Cc1cccc(Oc2ccc(-c3c(-c4cccc(N5CCCC5)c4)n(C)c4ncnc(N)c34)cc2)n1. The molecule has 2 N–H and O–H groups in total. The average molecular weight is 477 g/mol. The van der Waals surface area contributed by atoms with Crippen LogP contribution in [0.1, 0.15) is 18.5 Å². The minimum Gasteiger partial charge on any atom is -0.439 e. The molecule has 0 radical (unpaired) electrons. The highest BCUT2D eigenvalue weighted by molar-refractivity contribution is 6.07. The number of ether oxygens (including phenoxy) is 1. The molecule has 1 aliphatic heterocycles. The summed E-state index contributed by atoms with van der Waals surface area (Å²) < 4.78 is 8.10. The molecule has 0 aliphatic carbocycles. The van der Waals surface area contributed by atoms with Crippen molar-refractivity contribution >= 4 is 22.5 Å². The molecule has 7 heteroatoms. The van der Waals surface area contributed by atoms with Gasteiger partial charge in [0.1, 0.15) is 23.5 Å². The predicted octanol–water partition coefficient (Wildman–Crippen LogP) is 5.98. The number of nitrogens with zero attached hydrogens (tertiary/aromatic N) is 5. The van der Waals surface area contributed by atoms with Crippen molar-refractivity contribution in [2.45, 2.75) is 19.8 Å². The highest BCUT2D eigenvalue weighted by Crippen LogP contribution is 2.42. The van der Waals surface area contributed by atoms with Crippen LogP contribution < -0.4 is 15.4 Å². The second kappa shape index (κ2) is 9.00. The molecule has 1 fully saturated rings. The summed E-state index contributed by atoms with van der Waals surface area (Å²) in [5.41, 5.74) is 13.6. The van der Waals surface area contributed by atoms with Gasteiger partial charge >= 0.3 is 0 Å². The van der Waals surface area contributed by atoms with Crippen LogP contribution in [0.5, 0.6) is 11.6 Å². The predicted molar refractivity (Wildman–Crippen MR) is 144 cm³/mol. The van der Waals surface area contributed by atoms with Crippen LogP contribution in [-0.2, 0) is 7.05 Å². The minimum atomic E-state index is 0.469. The number of pyridine rings is 1. The number of benzene rings is 2. The van der Waals surface area contributed by atoms with Gasteiger partial charge in [-0.15, -0.1) is 0 Å². The van der Waals surface area contributed by atoms with Gasteiger partial charge < -0.3 is 19.9 Å². The lowest BCUT2D eigenvalue weighted by Crippen LogP contribution is -2.17. The van der Waals surface area contributed by atoms with Gasteiger partial charge in [0.05, 0.1) is 11.1 Å². The molecule has 6 rings (SSSR count). The quantitative estimate of drug-likeness (QED) is 0.336. The van der Waals surface area contributed by atoms with E-state index in [4.69, 9.17) is 10.5 Å². The third-order valence-electron chi connectivity index (χ3n) is 6.82. The van der Waals surface area contributed by atoms with E-state index in [1.54, 1.807) is 0 Å². The zero-order valence-electron chi connectivity index (χ0n) is 20.5. The summed E-state index contributed by atoms with van der Waals surface area (Å²) >= 11 is 0. The Labute approximate surface area is 210 Å². The summed E-state index contributed by atoms with van der Waals surface area (Å²) in [7, 11) is 2.04. The third-order valence-corrected chi connectivity index (χ3v) is 6.82. The van der Waals surface area contributed by atoms with E-state index in [0.717, 1.165) is 58.0 Å². The van der Waals surface area contributed by atoms with E-state index in [2.05, 4.69) is 60.8 Å². The van der Waals surface area contributed by atoms with Crippen LogP contribution >= 0.6 is 0 Å². The Morgan fingerprint density at radius 3 is 2.44 bits per heavy atom. The van der Waals surface area contributed by atoms with Gasteiger partial charge in [0, 0.05) is 48.7 Å². The number of anilines is 2. The first-order valence-corrected chi connectivity index (χ1v) is 12.2. The van der Waals surface area contributed by atoms with Crippen molar-refractivity contribution in [2.75, 3.05) is 23.7 Å². The number of fused-ring (bicyclic) bond motifs is 1. The van der Waals surface area contributed by atoms with Gasteiger partial charge in [0.2, 0.25) is 5.88 Å². The second-order valence-corrected chi connectivity index (χ2v) is 9.23. The Morgan fingerprint density at radius 1 is 0.889 bits per heavy atom. The first-order valence-electron chi connectivity index (χ1n) is 12.2. The Hall–Kier alpha value is -4.39. The summed E-state index contributed by atoms with van der Waals surface area (Å²) in [6, 6.07) is 22.5. The molecular weight excluding hydrogens is 448 g/mol. The summed E-state index contributed by atoms with van der Waals surface area (Å²) in [5, 5.41) is 0.857.